The molecule has 178 valence electrons. The van der Waals surface area contributed by atoms with E-state index in [4.69, 9.17) is 15.9 Å². The Kier molecular flexibility index (Phi) is 13.2. The number of hydrogen-bond acceptors (Lipinski definition) is 9. The molecule has 0 saturated carbocycles. The van der Waals surface area contributed by atoms with E-state index in [-0.39, 0.29) is 13.0 Å². The standard InChI is InChI=1S/C17H25N5O10/c18-5-13(26)20-7-15(28)22(10-17(31)32)8-11(24)1-2-12(25)19-6-14(27)21(3-4-23)9-16(29)30/h4H,1-3,5-10,18H2,(H,19,25)(H,20,26)(H,29,30)(H,31,32). The fraction of sp³-hybridized carbons (Fsp3) is 0.529. The third kappa shape index (κ3) is 12.6. The molecule has 0 aliphatic carbocycles. The molecule has 0 aliphatic rings. The number of nitrogens with zero attached hydrogens (tertiary/aromatic N) is 2. The first-order valence-electron chi connectivity index (χ1n) is 9.18. The first-order valence-corrected chi connectivity index (χ1v) is 9.18. The number of aliphatic carboxylic acids is 2. The van der Waals surface area contributed by atoms with E-state index in [1.807, 2.05) is 0 Å². The van der Waals surface area contributed by atoms with Crippen molar-refractivity contribution < 1.29 is 48.6 Å². The quantitative estimate of drug-likeness (QED) is 0.138. The normalized spacial score (nSPS) is 9.91. The highest BCUT2D eigenvalue weighted by Crippen LogP contribution is 1.98. The molecule has 32 heavy (non-hydrogen) atoms. The number of nitrogens with one attached hydrogen (secondary N) is 2. The van der Waals surface area contributed by atoms with Crippen LogP contribution in [-0.2, 0) is 38.4 Å². The monoisotopic (exact) mass is 459 g/mol. The number of carbonyl (C=O) groups excluding carboxylic acids is 6. The summed E-state index contributed by atoms with van der Waals surface area (Å²) in [5.41, 5.74) is 5.07. The second kappa shape index (κ2) is 15.0. The van der Waals surface area contributed by atoms with Gasteiger partial charge in [-0.05, 0) is 0 Å². The lowest BCUT2D eigenvalue weighted by molar-refractivity contribution is -0.145. The molecule has 0 spiro atoms. The SMILES string of the molecule is NCC(=O)NCC(=O)N(CC(=O)O)CC(=O)CCC(=O)NCC(=O)N(CC=O)CC(=O)O. The van der Waals surface area contributed by atoms with Crippen molar-refractivity contribution in [3.63, 3.8) is 0 Å². The van der Waals surface area contributed by atoms with Crippen LogP contribution < -0.4 is 16.4 Å². The van der Waals surface area contributed by atoms with Crippen LogP contribution >= 0.6 is 0 Å². The second-order valence-electron chi connectivity index (χ2n) is 6.27. The van der Waals surface area contributed by atoms with Crippen molar-refractivity contribution in [3.05, 3.63) is 0 Å². The highest BCUT2D eigenvalue weighted by molar-refractivity contribution is 5.93. The van der Waals surface area contributed by atoms with Crippen molar-refractivity contribution >= 4 is 47.6 Å². The Morgan fingerprint density at radius 1 is 0.750 bits per heavy atom. The molecular formula is C17H25N5O10. The molecule has 0 aromatic carbocycles. The zero-order valence-corrected chi connectivity index (χ0v) is 17.1. The molecule has 15 heteroatoms. The first kappa shape index (κ1) is 28.1. The van der Waals surface area contributed by atoms with E-state index >= 15 is 0 Å². The van der Waals surface area contributed by atoms with Gasteiger partial charge in [0.25, 0.3) is 0 Å². The number of rotatable bonds is 16. The van der Waals surface area contributed by atoms with Crippen LogP contribution in [0.2, 0.25) is 0 Å². The molecule has 0 atom stereocenters. The number of amides is 4. The lowest BCUT2D eigenvalue weighted by Gasteiger charge is -2.20. The molecule has 0 aromatic heterocycles. The number of carboxylic acids is 2. The number of carboxylic acid groups (broad SMARTS) is 2. The zero-order chi connectivity index (χ0) is 24.7. The summed E-state index contributed by atoms with van der Waals surface area (Å²) in [6, 6.07) is 0. The Labute approximate surface area is 181 Å². The minimum Gasteiger partial charge on any atom is -0.480 e. The predicted molar refractivity (Wildman–Crippen MR) is 104 cm³/mol. The molecule has 0 aliphatic heterocycles. The Morgan fingerprint density at radius 3 is 1.75 bits per heavy atom. The number of nitrogens with two attached hydrogens (primary N) is 1. The van der Waals surface area contributed by atoms with Crippen LogP contribution in [0.1, 0.15) is 12.8 Å². The fourth-order valence-corrected chi connectivity index (χ4v) is 2.18. The van der Waals surface area contributed by atoms with Gasteiger partial charge in [0.2, 0.25) is 23.6 Å². The molecule has 4 amide bonds. The molecule has 0 bridgehead atoms. The van der Waals surface area contributed by atoms with Crippen molar-refractivity contribution in [2.75, 3.05) is 45.8 Å². The topological polar surface area (TPSA) is 234 Å². The van der Waals surface area contributed by atoms with E-state index in [1.165, 1.54) is 0 Å². The Bertz CT molecular complexity index is 754. The van der Waals surface area contributed by atoms with E-state index in [0.29, 0.717) is 16.1 Å². The van der Waals surface area contributed by atoms with Gasteiger partial charge in [-0.1, -0.05) is 0 Å². The van der Waals surface area contributed by atoms with Gasteiger partial charge in [-0.2, -0.15) is 0 Å². The average molecular weight is 459 g/mol. The summed E-state index contributed by atoms with van der Waals surface area (Å²) in [5, 5.41) is 21.9. The summed E-state index contributed by atoms with van der Waals surface area (Å²) in [6.07, 6.45) is -0.448. The number of Topliss-reactive ketones (excluding diaryl/α,β-unsaturated/α-hetero) is 1. The summed E-state index contributed by atoms with van der Waals surface area (Å²) in [4.78, 5) is 92.3. The van der Waals surface area contributed by atoms with Gasteiger partial charge in [-0.15, -0.1) is 0 Å². The molecule has 0 radical (unpaired) electrons. The van der Waals surface area contributed by atoms with Crippen molar-refractivity contribution in [2.24, 2.45) is 5.73 Å². The second-order valence-corrected chi connectivity index (χ2v) is 6.27. The van der Waals surface area contributed by atoms with Gasteiger partial charge in [0.15, 0.2) is 5.78 Å². The minimum atomic E-state index is -1.39. The number of ketones is 1. The smallest absolute Gasteiger partial charge is 0.323 e. The van der Waals surface area contributed by atoms with Gasteiger partial charge in [-0.3, -0.25) is 33.6 Å². The maximum Gasteiger partial charge on any atom is 0.323 e. The van der Waals surface area contributed by atoms with Crippen LogP contribution in [0, 0.1) is 0 Å². The highest BCUT2D eigenvalue weighted by Gasteiger charge is 2.21. The van der Waals surface area contributed by atoms with Gasteiger partial charge < -0.3 is 41.2 Å². The van der Waals surface area contributed by atoms with E-state index in [9.17, 15) is 38.4 Å². The third-order valence-electron chi connectivity index (χ3n) is 3.71. The molecule has 0 rings (SSSR count). The molecule has 15 nitrogen and oxygen atoms in total. The van der Waals surface area contributed by atoms with Crippen molar-refractivity contribution in [3.8, 4) is 0 Å². The van der Waals surface area contributed by atoms with Crippen molar-refractivity contribution in [1.82, 2.24) is 20.4 Å². The molecular weight excluding hydrogens is 434 g/mol. The van der Waals surface area contributed by atoms with Gasteiger partial charge in [0.1, 0.15) is 19.4 Å². The molecule has 0 saturated heterocycles. The lowest BCUT2D eigenvalue weighted by atomic mass is 10.2. The van der Waals surface area contributed by atoms with E-state index < -0.39 is 87.0 Å². The van der Waals surface area contributed by atoms with Gasteiger partial charge in [-0.25, -0.2) is 0 Å². The maximum atomic E-state index is 12.0. The largest absolute Gasteiger partial charge is 0.480 e. The first-order chi connectivity index (χ1) is 15.0. The molecule has 0 heterocycles. The lowest BCUT2D eigenvalue weighted by Crippen LogP contribution is -2.46. The minimum absolute atomic E-state index is 0.326. The molecule has 0 unspecified atom stereocenters. The van der Waals surface area contributed by atoms with E-state index in [2.05, 4.69) is 10.6 Å². The average Bonchev–Trinajstić information content (AvgIpc) is 2.72. The van der Waals surface area contributed by atoms with Crippen LogP contribution in [0.25, 0.3) is 0 Å². The summed E-state index contributed by atoms with van der Waals surface area (Å²) in [6.45, 7) is -4.18. The highest BCUT2D eigenvalue weighted by atomic mass is 16.4. The summed E-state index contributed by atoms with van der Waals surface area (Å²) >= 11 is 0. The maximum absolute atomic E-state index is 12.0. The van der Waals surface area contributed by atoms with Gasteiger partial charge in [0.05, 0.1) is 32.7 Å². The Hall–Kier alpha value is -3.88. The van der Waals surface area contributed by atoms with E-state index in [1.54, 1.807) is 0 Å². The summed E-state index contributed by atoms with van der Waals surface area (Å²) in [7, 11) is 0. The third-order valence-corrected chi connectivity index (χ3v) is 3.71. The van der Waals surface area contributed by atoms with Crippen LogP contribution in [0.4, 0.5) is 0 Å². The van der Waals surface area contributed by atoms with Crippen LogP contribution in [0.3, 0.4) is 0 Å². The number of aldehydes is 1. The fourth-order valence-electron chi connectivity index (χ4n) is 2.18. The summed E-state index contributed by atoms with van der Waals surface area (Å²) < 4.78 is 0. The molecule has 0 aromatic rings. The van der Waals surface area contributed by atoms with Crippen molar-refractivity contribution in [1.29, 1.82) is 0 Å². The number of hydrogen-bond donors (Lipinski definition) is 5. The van der Waals surface area contributed by atoms with Crippen molar-refractivity contribution in [2.45, 2.75) is 12.8 Å². The van der Waals surface area contributed by atoms with Crippen LogP contribution in [-0.4, -0.2) is 113 Å². The summed E-state index contributed by atoms with van der Waals surface area (Å²) in [5.74, 6) is -6.45. The zero-order valence-electron chi connectivity index (χ0n) is 17.1. The van der Waals surface area contributed by atoms with Crippen LogP contribution in [0.15, 0.2) is 0 Å². The molecule has 6 N–H and O–H groups in total. The van der Waals surface area contributed by atoms with Gasteiger partial charge >= 0.3 is 11.9 Å². The Morgan fingerprint density at radius 2 is 1.25 bits per heavy atom. The Balaban J connectivity index is 4.61. The van der Waals surface area contributed by atoms with Crippen LogP contribution in [0.5, 0.6) is 0 Å². The number of carbonyl (C=O) groups is 8. The molecule has 0 fully saturated rings. The van der Waals surface area contributed by atoms with E-state index in [0.717, 1.165) is 0 Å². The predicted octanol–water partition coefficient (Wildman–Crippen LogP) is -4.45. The van der Waals surface area contributed by atoms with Gasteiger partial charge in [0, 0.05) is 12.8 Å².